The predicted octanol–water partition coefficient (Wildman–Crippen LogP) is 5.60. The van der Waals surface area contributed by atoms with E-state index in [1.807, 2.05) is 17.6 Å². The van der Waals surface area contributed by atoms with Gasteiger partial charge in [0.25, 0.3) is 5.01 Å². The highest BCUT2D eigenvalue weighted by Crippen LogP contribution is 2.38. The van der Waals surface area contributed by atoms with Crippen molar-refractivity contribution >= 4 is 44.6 Å². The average molecular weight is 412 g/mol. The van der Waals surface area contributed by atoms with Gasteiger partial charge in [-0.25, -0.2) is 4.57 Å². The van der Waals surface area contributed by atoms with Crippen LogP contribution in [0.1, 0.15) is 30.3 Å². The van der Waals surface area contributed by atoms with Gasteiger partial charge in [-0.1, -0.05) is 47.7 Å². The molecule has 2 aromatic carbocycles. The Balaban J connectivity index is 1.54. The lowest BCUT2D eigenvalue weighted by Gasteiger charge is -2.15. The average Bonchev–Trinajstić information content (AvgIpc) is 3.17. The van der Waals surface area contributed by atoms with Crippen LogP contribution in [0.25, 0.3) is 21.4 Å². The Morgan fingerprint density at radius 3 is 2.63 bits per heavy atom. The van der Waals surface area contributed by atoms with E-state index < -0.39 is 0 Å². The van der Waals surface area contributed by atoms with Gasteiger partial charge in [0.1, 0.15) is 4.70 Å². The molecule has 1 aliphatic rings. The second-order valence-electron chi connectivity index (χ2n) is 7.63. The Hall–Kier alpha value is -3.11. The number of hydrogen-bond donors (Lipinski definition) is 0. The molecule has 1 aliphatic heterocycles. The summed E-state index contributed by atoms with van der Waals surface area (Å²) in [6.07, 6.45) is 8.31. The van der Waals surface area contributed by atoms with Crippen molar-refractivity contribution < 1.29 is 9.13 Å². The summed E-state index contributed by atoms with van der Waals surface area (Å²) in [4.78, 5) is 4.60. The van der Waals surface area contributed by atoms with Gasteiger partial charge in [0, 0.05) is 42.0 Å². The molecule has 0 N–H and O–H groups in total. The third kappa shape index (κ3) is 3.59. The lowest BCUT2D eigenvalue weighted by atomic mass is 9.95. The minimum Gasteiger partial charge on any atom is -0.260 e. The molecule has 4 heteroatoms. The number of rotatable bonds is 5. The molecular weight excluding hydrogens is 386 g/mol. The number of thiazole rings is 1. The molecule has 0 amide bonds. The topological polar surface area (TPSA) is 20.1 Å². The van der Waals surface area contributed by atoms with Crippen molar-refractivity contribution in [1.29, 1.82) is 0 Å². The first-order valence-corrected chi connectivity index (χ1v) is 11.3. The van der Waals surface area contributed by atoms with E-state index in [4.69, 9.17) is 0 Å². The smallest absolute Gasteiger partial charge is 0.260 e. The van der Waals surface area contributed by atoms with Crippen molar-refractivity contribution in [3.05, 3.63) is 89.7 Å². The lowest BCUT2D eigenvalue weighted by Crippen LogP contribution is -2.40. The summed E-state index contributed by atoms with van der Waals surface area (Å²) in [5, 5.41) is 1.36. The van der Waals surface area contributed by atoms with E-state index in [9.17, 15) is 0 Å². The van der Waals surface area contributed by atoms with Crippen LogP contribution in [-0.2, 0) is 13.1 Å². The number of allylic oxidation sites excluding steroid dienone is 2. The van der Waals surface area contributed by atoms with E-state index in [-0.39, 0.29) is 0 Å². The molecule has 0 spiro atoms. The normalized spacial score (nSPS) is 14.7. The predicted molar refractivity (Wildman–Crippen MR) is 125 cm³/mol. The number of aliphatic imine (C=N–C) groups is 1. The standard InChI is InChI=1S/C26H25N3S/c1-20(21-14-15-27-23-11-4-3-10-22(21)23)26-29(24-12-5-6-13-25(24)30-26)19-9-18-28-16-7-2-8-17-28/h2-8,10-13,15-17H,9,14,18-19H2,1H3/q+2. The fraction of sp³-hybridized carbons (Fsp3) is 0.192. The number of para-hydroxylation sites is 2. The fourth-order valence-electron chi connectivity index (χ4n) is 4.20. The zero-order valence-electron chi connectivity index (χ0n) is 17.2. The third-order valence-electron chi connectivity index (χ3n) is 5.71. The van der Waals surface area contributed by atoms with Crippen LogP contribution in [0.15, 0.2) is 84.1 Å². The molecule has 0 saturated heterocycles. The SMILES string of the molecule is CC(=C1CC=Nc2ccccc21)c1sc2ccccc2[n+]1CCC[n+]1ccccc1. The maximum absolute atomic E-state index is 4.60. The molecule has 30 heavy (non-hydrogen) atoms. The Labute approximate surface area is 181 Å². The van der Waals surface area contributed by atoms with Gasteiger partial charge in [0.2, 0.25) is 5.52 Å². The molecule has 148 valence electrons. The first-order chi connectivity index (χ1) is 14.8. The summed E-state index contributed by atoms with van der Waals surface area (Å²) in [7, 11) is 0. The minimum absolute atomic E-state index is 0.886. The van der Waals surface area contributed by atoms with Crippen LogP contribution in [0.4, 0.5) is 5.69 Å². The van der Waals surface area contributed by atoms with Crippen LogP contribution >= 0.6 is 11.3 Å². The number of nitrogens with zero attached hydrogens (tertiary/aromatic N) is 3. The van der Waals surface area contributed by atoms with Crippen LogP contribution in [0.2, 0.25) is 0 Å². The zero-order chi connectivity index (χ0) is 20.3. The summed E-state index contributed by atoms with van der Waals surface area (Å²) >= 11 is 1.90. The molecule has 0 bridgehead atoms. The lowest BCUT2D eigenvalue weighted by molar-refractivity contribution is -0.716. The molecule has 0 aliphatic carbocycles. The molecule has 2 aromatic heterocycles. The molecule has 0 fully saturated rings. The molecule has 3 heterocycles. The first-order valence-electron chi connectivity index (χ1n) is 10.5. The Morgan fingerprint density at radius 1 is 0.933 bits per heavy atom. The van der Waals surface area contributed by atoms with Crippen molar-refractivity contribution in [1.82, 2.24) is 0 Å². The van der Waals surface area contributed by atoms with Gasteiger partial charge in [0.15, 0.2) is 25.5 Å². The van der Waals surface area contributed by atoms with Gasteiger partial charge in [-0.3, -0.25) is 4.99 Å². The van der Waals surface area contributed by atoms with E-state index in [2.05, 4.69) is 100 Å². The molecule has 3 nitrogen and oxygen atoms in total. The van der Waals surface area contributed by atoms with E-state index in [0.29, 0.717) is 0 Å². The number of fused-ring (bicyclic) bond motifs is 2. The molecule has 0 radical (unpaired) electrons. The van der Waals surface area contributed by atoms with Crippen LogP contribution in [0, 0.1) is 0 Å². The van der Waals surface area contributed by atoms with Gasteiger partial charge in [-0.2, -0.15) is 4.57 Å². The fourth-order valence-corrected chi connectivity index (χ4v) is 5.42. The third-order valence-corrected chi connectivity index (χ3v) is 7.00. The number of hydrogen-bond acceptors (Lipinski definition) is 2. The monoisotopic (exact) mass is 411 g/mol. The minimum atomic E-state index is 0.886. The van der Waals surface area contributed by atoms with Crippen molar-refractivity contribution in [3.63, 3.8) is 0 Å². The summed E-state index contributed by atoms with van der Waals surface area (Å²) in [6.45, 7) is 4.29. The van der Waals surface area contributed by atoms with Gasteiger partial charge < -0.3 is 0 Å². The molecule has 0 saturated carbocycles. The Morgan fingerprint density at radius 2 is 1.73 bits per heavy atom. The molecule has 0 unspecified atom stereocenters. The van der Waals surface area contributed by atoms with Crippen molar-refractivity contribution in [2.45, 2.75) is 32.9 Å². The van der Waals surface area contributed by atoms with Gasteiger partial charge in [-0.15, -0.1) is 0 Å². The van der Waals surface area contributed by atoms with Crippen LogP contribution in [0.3, 0.4) is 0 Å². The number of aryl methyl sites for hydroxylation is 2. The maximum Gasteiger partial charge on any atom is 0.266 e. The summed E-state index contributed by atoms with van der Waals surface area (Å²) in [6, 6.07) is 23.5. The highest BCUT2D eigenvalue weighted by atomic mass is 32.1. The van der Waals surface area contributed by atoms with Gasteiger partial charge >= 0.3 is 0 Å². The van der Waals surface area contributed by atoms with E-state index in [1.165, 1.54) is 31.9 Å². The molecular formula is C26H25N3S+2. The Bertz CT molecular complexity index is 1250. The van der Waals surface area contributed by atoms with Crippen LogP contribution in [0.5, 0.6) is 0 Å². The van der Waals surface area contributed by atoms with Gasteiger partial charge in [-0.05, 0) is 24.6 Å². The summed E-state index contributed by atoms with van der Waals surface area (Å²) < 4.78 is 6.12. The second-order valence-corrected chi connectivity index (χ2v) is 8.66. The maximum atomic E-state index is 4.60. The largest absolute Gasteiger partial charge is 0.266 e. The highest BCUT2D eigenvalue weighted by Gasteiger charge is 2.25. The van der Waals surface area contributed by atoms with Crippen LogP contribution in [-0.4, -0.2) is 6.21 Å². The number of aromatic nitrogens is 2. The van der Waals surface area contributed by atoms with Crippen LogP contribution < -0.4 is 9.13 Å². The Kier molecular flexibility index (Phi) is 5.24. The second kappa shape index (κ2) is 8.33. The van der Waals surface area contributed by atoms with E-state index in [1.54, 1.807) is 0 Å². The molecule has 4 aromatic rings. The van der Waals surface area contributed by atoms with Gasteiger partial charge in [0.05, 0.1) is 12.1 Å². The van der Waals surface area contributed by atoms with Crippen molar-refractivity contribution in [3.8, 4) is 0 Å². The zero-order valence-corrected chi connectivity index (χ0v) is 18.0. The van der Waals surface area contributed by atoms with Crippen molar-refractivity contribution in [2.75, 3.05) is 0 Å². The summed E-state index contributed by atoms with van der Waals surface area (Å²) in [5.74, 6) is 0. The van der Waals surface area contributed by atoms with Crippen molar-refractivity contribution in [2.24, 2.45) is 4.99 Å². The molecule has 5 rings (SSSR count). The number of benzene rings is 2. The quantitative estimate of drug-likeness (QED) is 0.381. The first kappa shape index (κ1) is 18.9. The number of pyridine rings is 1. The summed E-state index contributed by atoms with van der Waals surface area (Å²) in [5.41, 5.74) is 6.42. The highest BCUT2D eigenvalue weighted by molar-refractivity contribution is 7.19. The van der Waals surface area contributed by atoms with E-state index >= 15 is 0 Å². The molecule has 0 atom stereocenters. The van der Waals surface area contributed by atoms with E-state index in [0.717, 1.165) is 31.6 Å².